The number of nitrogens with zero attached hydrogens (tertiary/aromatic N) is 1. The van der Waals surface area contributed by atoms with Gasteiger partial charge in [-0.1, -0.05) is 29.8 Å². The highest BCUT2D eigenvalue weighted by molar-refractivity contribution is 7.11. The van der Waals surface area contributed by atoms with Crippen molar-refractivity contribution in [3.05, 3.63) is 81.5 Å². The molecule has 1 heterocycles. The quantitative estimate of drug-likeness (QED) is 0.634. The maximum absolute atomic E-state index is 12.3. The van der Waals surface area contributed by atoms with Crippen molar-refractivity contribution in [1.29, 1.82) is 0 Å². The first-order chi connectivity index (χ1) is 11.2. The van der Waals surface area contributed by atoms with Gasteiger partial charge < -0.3 is 5.32 Å². The summed E-state index contributed by atoms with van der Waals surface area (Å²) in [4.78, 5) is 17.8. The molecular weight excluding hydrogens is 328 g/mol. The van der Waals surface area contributed by atoms with Crippen LogP contribution in [0, 0.1) is 0 Å². The molecule has 0 fully saturated rings. The average molecular weight is 341 g/mol. The summed E-state index contributed by atoms with van der Waals surface area (Å²) in [6, 6.07) is 18.2. The van der Waals surface area contributed by atoms with Crippen molar-refractivity contribution in [3.63, 3.8) is 0 Å². The van der Waals surface area contributed by atoms with Crippen LogP contribution < -0.4 is 5.32 Å². The van der Waals surface area contributed by atoms with E-state index in [4.69, 9.17) is 11.6 Å². The number of halogens is 1. The minimum Gasteiger partial charge on any atom is -0.322 e. The Morgan fingerprint density at radius 3 is 2.74 bits per heavy atom. The van der Waals surface area contributed by atoms with E-state index in [1.54, 1.807) is 53.9 Å². The molecule has 0 aliphatic rings. The molecule has 0 aliphatic carbocycles. The molecule has 5 heteroatoms. The van der Waals surface area contributed by atoms with Gasteiger partial charge in [-0.3, -0.25) is 9.79 Å². The number of hydrogen-bond acceptors (Lipinski definition) is 3. The second kappa shape index (κ2) is 7.22. The fourth-order valence-corrected chi connectivity index (χ4v) is 2.78. The van der Waals surface area contributed by atoms with Gasteiger partial charge >= 0.3 is 0 Å². The number of carbonyl (C=O) groups excluding carboxylic acids is 1. The molecule has 3 nitrogen and oxygen atoms in total. The maximum atomic E-state index is 12.3. The Morgan fingerprint density at radius 2 is 1.96 bits per heavy atom. The van der Waals surface area contributed by atoms with Crippen LogP contribution in [0.2, 0.25) is 5.02 Å². The molecule has 3 aromatic rings. The lowest BCUT2D eigenvalue weighted by atomic mass is 10.2. The Morgan fingerprint density at radius 1 is 1.09 bits per heavy atom. The molecule has 0 atom stereocenters. The van der Waals surface area contributed by atoms with E-state index in [2.05, 4.69) is 10.3 Å². The van der Waals surface area contributed by atoms with Crippen LogP contribution in [0.25, 0.3) is 0 Å². The van der Waals surface area contributed by atoms with Crippen LogP contribution in [0.1, 0.15) is 15.2 Å². The summed E-state index contributed by atoms with van der Waals surface area (Å²) < 4.78 is 0. The normalized spacial score (nSPS) is 10.8. The Labute approximate surface area is 143 Å². The van der Waals surface area contributed by atoms with Gasteiger partial charge in [-0.15, -0.1) is 11.3 Å². The van der Waals surface area contributed by atoms with Crippen LogP contribution in [0.5, 0.6) is 0 Å². The monoisotopic (exact) mass is 340 g/mol. The molecular formula is C18H13ClN2OS. The number of carbonyl (C=O) groups is 1. The molecule has 114 valence electrons. The van der Waals surface area contributed by atoms with Crippen molar-refractivity contribution >= 4 is 46.4 Å². The molecule has 0 saturated carbocycles. The molecule has 3 rings (SSSR count). The predicted octanol–water partition coefficient (Wildman–Crippen LogP) is 5.40. The van der Waals surface area contributed by atoms with E-state index >= 15 is 0 Å². The van der Waals surface area contributed by atoms with Gasteiger partial charge in [0.2, 0.25) is 0 Å². The zero-order chi connectivity index (χ0) is 16.1. The minimum absolute atomic E-state index is 0.194. The lowest BCUT2D eigenvalue weighted by molar-refractivity contribution is 0.102. The van der Waals surface area contributed by atoms with Gasteiger partial charge in [0.15, 0.2) is 0 Å². The predicted molar refractivity (Wildman–Crippen MR) is 97.4 cm³/mol. The lowest BCUT2D eigenvalue weighted by Gasteiger charge is -2.06. The third-order valence-corrected chi connectivity index (χ3v) is 4.12. The number of anilines is 1. The number of hydrogen-bond donors (Lipinski definition) is 1. The first-order valence-corrected chi connectivity index (χ1v) is 8.21. The molecule has 0 saturated heterocycles. The molecule has 0 unspecified atom stereocenters. The summed E-state index contributed by atoms with van der Waals surface area (Å²) >= 11 is 7.53. The number of nitrogens with one attached hydrogen (secondary N) is 1. The first-order valence-electron chi connectivity index (χ1n) is 6.95. The van der Waals surface area contributed by atoms with E-state index in [1.807, 2.05) is 29.6 Å². The van der Waals surface area contributed by atoms with E-state index in [0.29, 0.717) is 16.3 Å². The number of rotatable bonds is 4. The van der Waals surface area contributed by atoms with E-state index < -0.39 is 0 Å². The van der Waals surface area contributed by atoms with Gasteiger partial charge in [-0.2, -0.15) is 0 Å². The third-order valence-electron chi connectivity index (χ3n) is 3.07. The zero-order valence-corrected chi connectivity index (χ0v) is 13.6. The van der Waals surface area contributed by atoms with Gasteiger partial charge in [0, 0.05) is 27.4 Å². The van der Waals surface area contributed by atoms with E-state index in [9.17, 15) is 4.79 Å². The second-order valence-electron chi connectivity index (χ2n) is 4.79. The number of aliphatic imine (C=N–C) groups is 1. The lowest BCUT2D eigenvalue weighted by Crippen LogP contribution is -2.11. The molecule has 0 aliphatic heterocycles. The standard InChI is InChI=1S/C18H13ClN2OS/c19-14-5-2-7-16(11-14)21-18(22)13-4-1-6-15(10-13)20-12-17-8-3-9-23-17/h1-12H,(H,21,22). The van der Waals surface area contributed by atoms with Crippen molar-refractivity contribution < 1.29 is 4.79 Å². The summed E-state index contributed by atoms with van der Waals surface area (Å²) in [5, 5.41) is 5.40. The molecule has 1 N–H and O–H groups in total. The van der Waals surface area contributed by atoms with Crippen LogP contribution >= 0.6 is 22.9 Å². The average Bonchev–Trinajstić information content (AvgIpc) is 3.07. The maximum Gasteiger partial charge on any atom is 0.255 e. The van der Waals surface area contributed by atoms with Crippen molar-refractivity contribution in [2.45, 2.75) is 0 Å². The highest BCUT2D eigenvalue weighted by Gasteiger charge is 2.06. The summed E-state index contributed by atoms with van der Waals surface area (Å²) in [6.45, 7) is 0. The Bertz CT molecular complexity index is 844. The van der Waals surface area contributed by atoms with Crippen molar-refractivity contribution in [2.75, 3.05) is 5.32 Å². The summed E-state index contributed by atoms with van der Waals surface area (Å²) in [6.07, 6.45) is 1.79. The van der Waals surface area contributed by atoms with Crippen LogP contribution in [-0.2, 0) is 0 Å². The SMILES string of the molecule is O=C(Nc1cccc(Cl)c1)c1cccc(N=Cc2cccs2)c1. The number of amides is 1. The summed E-state index contributed by atoms with van der Waals surface area (Å²) in [5.41, 5.74) is 1.94. The fourth-order valence-electron chi connectivity index (χ4n) is 2.00. The van der Waals surface area contributed by atoms with Gasteiger partial charge in [-0.25, -0.2) is 0 Å². The molecule has 1 amide bonds. The van der Waals surface area contributed by atoms with E-state index in [0.717, 1.165) is 10.6 Å². The van der Waals surface area contributed by atoms with Gasteiger partial charge in [-0.05, 0) is 47.8 Å². The molecule has 1 aromatic heterocycles. The Kier molecular flexibility index (Phi) is 4.86. The largest absolute Gasteiger partial charge is 0.322 e. The Balaban J connectivity index is 1.75. The van der Waals surface area contributed by atoms with Crippen LogP contribution in [0.3, 0.4) is 0 Å². The zero-order valence-electron chi connectivity index (χ0n) is 12.1. The highest BCUT2D eigenvalue weighted by Crippen LogP contribution is 2.18. The topological polar surface area (TPSA) is 41.5 Å². The number of thiophene rings is 1. The number of benzene rings is 2. The van der Waals surface area contributed by atoms with E-state index in [1.165, 1.54) is 0 Å². The van der Waals surface area contributed by atoms with Crippen molar-refractivity contribution in [1.82, 2.24) is 0 Å². The minimum atomic E-state index is -0.194. The first kappa shape index (κ1) is 15.5. The molecule has 23 heavy (non-hydrogen) atoms. The van der Waals surface area contributed by atoms with Crippen LogP contribution in [-0.4, -0.2) is 12.1 Å². The molecule has 0 spiro atoms. The second-order valence-corrected chi connectivity index (χ2v) is 6.20. The Hall–Kier alpha value is -2.43. The molecule has 0 radical (unpaired) electrons. The van der Waals surface area contributed by atoms with Gasteiger partial charge in [0.25, 0.3) is 5.91 Å². The van der Waals surface area contributed by atoms with Gasteiger partial charge in [0.05, 0.1) is 5.69 Å². The molecule has 0 bridgehead atoms. The van der Waals surface area contributed by atoms with Crippen LogP contribution in [0.15, 0.2) is 71.0 Å². The van der Waals surface area contributed by atoms with E-state index in [-0.39, 0.29) is 5.91 Å². The third kappa shape index (κ3) is 4.28. The molecule has 2 aromatic carbocycles. The van der Waals surface area contributed by atoms with Crippen molar-refractivity contribution in [3.8, 4) is 0 Å². The fraction of sp³-hybridized carbons (Fsp3) is 0. The van der Waals surface area contributed by atoms with Gasteiger partial charge in [0.1, 0.15) is 0 Å². The van der Waals surface area contributed by atoms with Crippen molar-refractivity contribution in [2.24, 2.45) is 4.99 Å². The summed E-state index contributed by atoms with van der Waals surface area (Å²) in [5.74, 6) is -0.194. The van der Waals surface area contributed by atoms with Crippen LogP contribution in [0.4, 0.5) is 11.4 Å². The highest BCUT2D eigenvalue weighted by atomic mass is 35.5. The summed E-state index contributed by atoms with van der Waals surface area (Å²) in [7, 11) is 0. The smallest absolute Gasteiger partial charge is 0.255 e.